The lowest BCUT2D eigenvalue weighted by Crippen LogP contribution is -2.52. The fourth-order valence-electron chi connectivity index (χ4n) is 2.02. The number of hydrogen-bond donors (Lipinski definition) is 2. The van der Waals surface area contributed by atoms with Crippen molar-refractivity contribution >= 4 is 12.1 Å². The summed E-state index contributed by atoms with van der Waals surface area (Å²) in [5, 5.41) is 12.4. The lowest BCUT2D eigenvalue weighted by molar-refractivity contribution is -0.160. The normalized spacial score (nSPS) is 23.8. The summed E-state index contributed by atoms with van der Waals surface area (Å²) < 4.78 is 15.6. The van der Waals surface area contributed by atoms with Gasteiger partial charge in [0.1, 0.15) is 17.2 Å². The van der Waals surface area contributed by atoms with E-state index in [-0.39, 0.29) is 13.2 Å². The first-order chi connectivity index (χ1) is 9.89. The monoisotopic (exact) mass is 317 g/mol. The molecule has 7 nitrogen and oxygen atoms in total. The summed E-state index contributed by atoms with van der Waals surface area (Å²) in [5.41, 5.74) is -1.39. The average molecular weight is 317 g/mol. The van der Waals surface area contributed by atoms with Gasteiger partial charge in [-0.25, -0.2) is 9.59 Å². The number of hydrogen-bond acceptors (Lipinski definition) is 6. The summed E-state index contributed by atoms with van der Waals surface area (Å²) in [6, 6.07) is -1.02. The van der Waals surface area contributed by atoms with Gasteiger partial charge in [-0.2, -0.15) is 0 Å². The van der Waals surface area contributed by atoms with Crippen molar-refractivity contribution in [2.24, 2.45) is 5.92 Å². The maximum atomic E-state index is 12.3. The molecule has 0 aromatic carbocycles. The van der Waals surface area contributed by atoms with Crippen LogP contribution in [0.4, 0.5) is 4.79 Å². The molecule has 1 rings (SSSR count). The summed E-state index contributed by atoms with van der Waals surface area (Å²) in [6.45, 7) is 10.7. The van der Waals surface area contributed by atoms with E-state index in [0.29, 0.717) is 0 Å². The van der Waals surface area contributed by atoms with Crippen LogP contribution in [-0.2, 0) is 19.0 Å². The van der Waals surface area contributed by atoms with Gasteiger partial charge < -0.3 is 24.6 Å². The Morgan fingerprint density at radius 2 is 1.64 bits per heavy atom. The fraction of sp³-hybridized carbons (Fsp3) is 0.867. The fourth-order valence-corrected chi connectivity index (χ4v) is 2.02. The van der Waals surface area contributed by atoms with Gasteiger partial charge in [0.15, 0.2) is 0 Å². The van der Waals surface area contributed by atoms with Gasteiger partial charge in [0, 0.05) is 5.92 Å². The van der Waals surface area contributed by atoms with E-state index in [9.17, 15) is 14.7 Å². The molecule has 22 heavy (non-hydrogen) atoms. The molecule has 0 bridgehead atoms. The summed E-state index contributed by atoms with van der Waals surface area (Å²) in [7, 11) is 0. The number of aliphatic hydroxyl groups excluding tert-OH is 1. The van der Waals surface area contributed by atoms with Crippen molar-refractivity contribution in [2.75, 3.05) is 13.2 Å². The summed E-state index contributed by atoms with van der Waals surface area (Å²) in [4.78, 5) is 24.3. The van der Waals surface area contributed by atoms with Gasteiger partial charge >= 0.3 is 12.1 Å². The third-order valence-electron chi connectivity index (χ3n) is 2.85. The lowest BCUT2D eigenvalue weighted by Gasteiger charge is -2.29. The summed E-state index contributed by atoms with van der Waals surface area (Å²) in [5.74, 6) is -1.18. The zero-order chi connectivity index (χ0) is 17.1. The number of nitrogens with one attached hydrogen (secondary N) is 1. The van der Waals surface area contributed by atoms with Crippen LogP contribution in [0.15, 0.2) is 0 Å². The van der Waals surface area contributed by atoms with Gasteiger partial charge in [-0.15, -0.1) is 0 Å². The van der Waals surface area contributed by atoms with Gasteiger partial charge in [0.2, 0.25) is 0 Å². The molecule has 1 heterocycles. The third kappa shape index (κ3) is 6.19. The maximum Gasteiger partial charge on any atom is 0.408 e. The molecule has 7 heteroatoms. The number of amides is 1. The van der Waals surface area contributed by atoms with Crippen molar-refractivity contribution in [3.63, 3.8) is 0 Å². The number of carbonyl (C=O) groups is 2. The number of rotatable bonds is 3. The van der Waals surface area contributed by atoms with Gasteiger partial charge in [0.25, 0.3) is 0 Å². The molecule has 0 aromatic rings. The molecular formula is C15H27NO6. The van der Waals surface area contributed by atoms with E-state index in [0.717, 1.165) is 0 Å². The molecule has 3 atom stereocenters. The SMILES string of the molecule is CC(C)(C)OC(=O)N[C@H](C(=O)OC(C)(C)C)[C@H]1COC[C@@H]1O. The predicted molar refractivity (Wildman–Crippen MR) is 79.3 cm³/mol. The first-order valence-corrected chi connectivity index (χ1v) is 7.37. The number of aliphatic hydroxyl groups is 1. The van der Waals surface area contributed by atoms with Crippen LogP contribution in [0, 0.1) is 5.92 Å². The average Bonchev–Trinajstić information content (AvgIpc) is 2.67. The first kappa shape index (κ1) is 18.7. The van der Waals surface area contributed by atoms with Crippen LogP contribution < -0.4 is 5.32 Å². The molecule has 1 fully saturated rings. The van der Waals surface area contributed by atoms with Crippen LogP contribution in [0.5, 0.6) is 0 Å². The molecule has 0 aliphatic carbocycles. The predicted octanol–water partition coefficient (Wildman–Crippen LogP) is 1.23. The lowest BCUT2D eigenvalue weighted by atomic mass is 9.96. The van der Waals surface area contributed by atoms with Crippen LogP contribution in [-0.4, -0.2) is 53.7 Å². The van der Waals surface area contributed by atoms with E-state index < -0.39 is 41.3 Å². The van der Waals surface area contributed by atoms with Crippen molar-refractivity contribution in [2.45, 2.75) is 64.9 Å². The van der Waals surface area contributed by atoms with E-state index in [2.05, 4.69) is 5.32 Å². The minimum Gasteiger partial charge on any atom is -0.458 e. The van der Waals surface area contributed by atoms with Crippen LogP contribution in [0.25, 0.3) is 0 Å². The first-order valence-electron chi connectivity index (χ1n) is 7.37. The van der Waals surface area contributed by atoms with Gasteiger partial charge in [0.05, 0.1) is 19.3 Å². The Balaban J connectivity index is 2.82. The van der Waals surface area contributed by atoms with Crippen LogP contribution in [0.3, 0.4) is 0 Å². The number of esters is 1. The topological polar surface area (TPSA) is 94.1 Å². The van der Waals surface area contributed by atoms with Crippen molar-refractivity contribution < 1.29 is 28.9 Å². The Labute approximate surface area is 131 Å². The highest BCUT2D eigenvalue weighted by molar-refractivity contribution is 5.82. The van der Waals surface area contributed by atoms with E-state index in [1.807, 2.05) is 0 Å². The van der Waals surface area contributed by atoms with E-state index in [4.69, 9.17) is 14.2 Å². The molecule has 1 aliphatic heterocycles. The highest BCUT2D eigenvalue weighted by Gasteiger charge is 2.41. The summed E-state index contributed by atoms with van der Waals surface area (Å²) >= 11 is 0. The van der Waals surface area contributed by atoms with E-state index in [1.165, 1.54) is 0 Å². The Morgan fingerprint density at radius 1 is 1.09 bits per heavy atom. The van der Waals surface area contributed by atoms with Crippen molar-refractivity contribution in [3.8, 4) is 0 Å². The quantitative estimate of drug-likeness (QED) is 0.760. The van der Waals surface area contributed by atoms with Crippen molar-refractivity contribution in [1.29, 1.82) is 0 Å². The van der Waals surface area contributed by atoms with Crippen LogP contribution >= 0.6 is 0 Å². The molecule has 128 valence electrons. The molecule has 1 saturated heterocycles. The largest absolute Gasteiger partial charge is 0.458 e. The zero-order valence-corrected chi connectivity index (χ0v) is 14.1. The molecule has 0 saturated carbocycles. The van der Waals surface area contributed by atoms with Crippen LogP contribution in [0.2, 0.25) is 0 Å². The van der Waals surface area contributed by atoms with Gasteiger partial charge in [-0.3, -0.25) is 0 Å². The minimum atomic E-state index is -1.02. The second kappa shape index (κ2) is 6.83. The van der Waals surface area contributed by atoms with Crippen molar-refractivity contribution in [1.82, 2.24) is 5.32 Å². The third-order valence-corrected chi connectivity index (χ3v) is 2.85. The zero-order valence-electron chi connectivity index (χ0n) is 14.1. The molecule has 1 amide bonds. The molecule has 0 radical (unpaired) electrons. The molecular weight excluding hydrogens is 290 g/mol. The van der Waals surface area contributed by atoms with E-state index >= 15 is 0 Å². The maximum absolute atomic E-state index is 12.3. The summed E-state index contributed by atoms with van der Waals surface area (Å²) in [6.07, 6.45) is -1.57. The highest BCUT2D eigenvalue weighted by atomic mass is 16.6. The van der Waals surface area contributed by atoms with Crippen molar-refractivity contribution in [3.05, 3.63) is 0 Å². The second-order valence-electron chi connectivity index (χ2n) is 7.43. The standard InChI is InChI=1S/C15H27NO6/c1-14(2,3)21-12(18)11(9-7-20-8-10(9)17)16-13(19)22-15(4,5)6/h9-11,17H,7-8H2,1-6H3,(H,16,19)/t9-,10-,11-/m0/s1. The Bertz CT molecular complexity index is 409. The Hall–Kier alpha value is -1.34. The number of ether oxygens (including phenoxy) is 3. The molecule has 0 aromatic heterocycles. The molecule has 0 unspecified atom stereocenters. The molecule has 2 N–H and O–H groups in total. The smallest absolute Gasteiger partial charge is 0.408 e. The highest BCUT2D eigenvalue weighted by Crippen LogP contribution is 2.21. The number of alkyl carbamates (subject to hydrolysis) is 1. The number of carbonyl (C=O) groups excluding carboxylic acids is 2. The minimum absolute atomic E-state index is 0.125. The van der Waals surface area contributed by atoms with E-state index in [1.54, 1.807) is 41.5 Å². The Morgan fingerprint density at radius 3 is 2.05 bits per heavy atom. The van der Waals surface area contributed by atoms with Crippen LogP contribution in [0.1, 0.15) is 41.5 Å². The van der Waals surface area contributed by atoms with Gasteiger partial charge in [-0.05, 0) is 41.5 Å². The Kier molecular flexibility index (Phi) is 5.81. The molecule has 1 aliphatic rings. The molecule has 0 spiro atoms. The van der Waals surface area contributed by atoms with Gasteiger partial charge in [-0.1, -0.05) is 0 Å². The second-order valence-corrected chi connectivity index (χ2v) is 7.43.